The van der Waals surface area contributed by atoms with E-state index in [4.69, 9.17) is 4.74 Å². The molecule has 0 aromatic rings. The molecule has 0 bridgehead atoms. The molecule has 1 rings (SSSR count). The molecular formula is C8H15NO2. The number of hydrogen-bond acceptors (Lipinski definition) is 3. The van der Waals surface area contributed by atoms with Crippen LogP contribution in [0.3, 0.4) is 0 Å². The van der Waals surface area contributed by atoms with Gasteiger partial charge >= 0.3 is 5.97 Å². The van der Waals surface area contributed by atoms with Crippen LogP contribution in [0.1, 0.15) is 20.3 Å². The highest BCUT2D eigenvalue weighted by molar-refractivity contribution is 5.65. The standard InChI is InChI=1S/C8H15NO2/c1-6-3-8(9-4-6)5-11-7(2)10/h6,8-9H,3-5H2,1-2H3. The smallest absolute Gasteiger partial charge is 0.302 e. The quantitative estimate of drug-likeness (QED) is 0.595. The van der Waals surface area contributed by atoms with E-state index in [0.717, 1.165) is 18.9 Å². The van der Waals surface area contributed by atoms with Crippen molar-refractivity contribution in [3.8, 4) is 0 Å². The minimum absolute atomic E-state index is 0.189. The van der Waals surface area contributed by atoms with Crippen molar-refractivity contribution in [2.24, 2.45) is 5.92 Å². The summed E-state index contributed by atoms with van der Waals surface area (Å²) < 4.78 is 4.87. The van der Waals surface area contributed by atoms with E-state index >= 15 is 0 Å². The molecule has 3 nitrogen and oxygen atoms in total. The Kier molecular flexibility index (Phi) is 2.88. The summed E-state index contributed by atoms with van der Waals surface area (Å²) in [4.78, 5) is 10.4. The average Bonchev–Trinajstić information content (AvgIpc) is 2.31. The van der Waals surface area contributed by atoms with Gasteiger partial charge in [0.1, 0.15) is 6.61 Å². The van der Waals surface area contributed by atoms with Crippen molar-refractivity contribution < 1.29 is 9.53 Å². The molecule has 1 fully saturated rings. The van der Waals surface area contributed by atoms with E-state index in [1.165, 1.54) is 6.92 Å². The molecule has 0 saturated carbocycles. The number of esters is 1. The van der Waals surface area contributed by atoms with Gasteiger partial charge < -0.3 is 10.1 Å². The molecule has 64 valence electrons. The molecule has 0 aliphatic carbocycles. The van der Waals surface area contributed by atoms with Gasteiger partial charge in [-0.2, -0.15) is 0 Å². The molecule has 1 heterocycles. The van der Waals surface area contributed by atoms with Crippen molar-refractivity contribution in [3.63, 3.8) is 0 Å². The molecule has 3 heteroatoms. The molecule has 1 aliphatic rings. The van der Waals surface area contributed by atoms with Crippen LogP contribution in [0.25, 0.3) is 0 Å². The van der Waals surface area contributed by atoms with Crippen LogP contribution < -0.4 is 5.32 Å². The zero-order chi connectivity index (χ0) is 8.27. The Morgan fingerprint density at radius 1 is 1.73 bits per heavy atom. The summed E-state index contributed by atoms with van der Waals surface area (Å²) in [5.74, 6) is 0.530. The van der Waals surface area contributed by atoms with Crippen molar-refractivity contribution in [3.05, 3.63) is 0 Å². The van der Waals surface area contributed by atoms with Crippen LogP contribution in [0.2, 0.25) is 0 Å². The summed E-state index contributed by atoms with van der Waals surface area (Å²) in [5, 5.41) is 3.28. The first-order valence-corrected chi connectivity index (χ1v) is 4.05. The van der Waals surface area contributed by atoms with Crippen LogP contribution >= 0.6 is 0 Å². The first kappa shape index (κ1) is 8.53. The van der Waals surface area contributed by atoms with Gasteiger partial charge in [-0.25, -0.2) is 0 Å². The van der Waals surface area contributed by atoms with Crippen LogP contribution in [-0.2, 0) is 9.53 Å². The minimum Gasteiger partial charge on any atom is -0.464 e. The molecule has 0 radical (unpaired) electrons. The lowest BCUT2D eigenvalue weighted by Crippen LogP contribution is -2.27. The minimum atomic E-state index is -0.189. The molecule has 0 aromatic carbocycles. The Balaban J connectivity index is 2.13. The number of nitrogens with one attached hydrogen (secondary N) is 1. The number of hydrogen-bond donors (Lipinski definition) is 1. The second kappa shape index (κ2) is 3.72. The van der Waals surface area contributed by atoms with Gasteiger partial charge in [0.05, 0.1) is 0 Å². The Labute approximate surface area is 67.1 Å². The maximum atomic E-state index is 10.4. The number of ether oxygens (including phenoxy) is 1. The Morgan fingerprint density at radius 3 is 2.91 bits per heavy atom. The molecule has 11 heavy (non-hydrogen) atoms. The van der Waals surface area contributed by atoms with Crippen molar-refractivity contribution in [1.82, 2.24) is 5.32 Å². The summed E-state index contributed by atoms with van der Waals surface area (Å²) in [6.07, 6.45) is 1.12. The van der Waals surface area contributed by atoms with Gasteiger partial charge in [0, 0.05) is 13.0 Å². The number of carbonyl (C=O) groups is 1. The molecule has 1 saturated heterocycles. The predicted octanol–water partition coefficient (Wildman–Crippen LogP) is 0.547. The van der Waals surface area contributed by atoms with Crippen molar-refractivity contribution >= 4 is 5.97 Å². The maximum absolute atomic E-state index is 10.4. The van der Waals surface area contributed by atoms with Crippen molar-refractivity contribution in [2.45, 2.75) is 26.3 Å². The van der Waals surface area contributed by atoms with Gasteiger partial charge in [-0.15, -0.1) is 0 Å². The van der Waals surface area contributed by atoms with Crippen LogP contribution in [0.5, 0.6) is 0 Å². The SMILES string of the molecule is CC(=O)OCC1CC(C)CN1. The molecule has 0 amide bonds. The monoisotopic (exact) mass is 157 g/mol. The Bertz CT molecular complexity index is 147. The molecule has 2 unspecified atom stereocenters. The summed E-state index contributed by atoms with van der Waals surface area (Å²) in [7, 11) is 0. The summed E-state index contributed by atoms with van der Waals surface area (Å²) in [6.45, 7) is 5.21. The molecule has 0 spiro atoms. The van der Waals surface area contributed by atoms with E-state index in [1.54, 1.807) is 0 Å². The highest BCUT2D eigenvalue weighted by Gasteiger charge is 2.20. The number of rotatable bonds is 2. The molecule has 1 aliphatic heterocycles. The third-order valence-electron chi connectivity index (χ3n) is 1.93. The Morgan fingerprint density at radius 2 is 2.45 bits per heavy atom. The zero-order valence-electron chi connectivity index (χ0n) is 7.09. The largest absolute Gasteiger partial charge is 0.464 e. The molecular weight excluding hydrogens is 142 g/mol. The predicted molar refractivity (Wildman–Crippen MR) is 42.2 cm³/mol. The van der Waals surface area contributed by atoms with Gasteiger partial charge in [0.25, 0.3) is 0 Å². The lowest BCUT2D eigenvalue weighted by molar-refractivity contribution is -0.141. The second-order valence-electron chi connectivity index (χ2n) is 3.25. The highest BCUT2D eigenvalue weighted by Crippen LogP contribution is 2.12. The summed E-state index contributed by atoms with van der Waals surface area (Å²) >= 11 is 0. The van der Waals surface area contributed by atoms with Gasteiger partial charge in [0.15, 0.2) is 0 Å². The van der Waals surface area contributed by atoms with Crippen LogP contribution in [0.4, 0.5) is 0 Å². The fourth-order valence-corrected chi connectivity index (χ4v) is 1.37. The molecule has 0 aromatic heterocycles. The van der Waals surface area contributed by atoms with E-state index in [1.807, 2.05) is 0 Å². The van der Waals surface area contributed by atoms with E-state index < -0.39 is 0 Å². The van der Waals surface area contributed by atoms with Crippen LogP contribution in [0.15, 0.2) is 0 Å². The summed E-state index contributed by atoms with van der Waals surface area (Å²) in [6, 6.07) is 0.383. The van der Waals surface area contributed by atoms with E-state index in [9.17, 15) is 4.79 Å². The first-order chi connectivity index (χ1) is 5.18. The van der Waals surface area contributed by atoms with Crippen molar-refractivity contribution in [2.75, 3.05) is 13.2 Å². The molecule has 2 atom stereocenters. The lowest BCUT2D eigenvalue weighted by Gasteiger charge is -2.08. The Hall–Kier alpha value is -0.570. The van der Waals surface area contributed by atoms with Crippen molar-refractivity contribution in [1.29, 1.82) is 0 Å². The molecule has 1 N–H and O–H groups in total. The van der Waals surface area contributed by atoms with Crippen LogP contribution in [0, 0.1) is 5.92 Å². The highest BCUT2D eigenvalue weighted by atomic mass is 16.5. The fraction of sp³-hybridized carbons (Fsp3) is 0.875. The fourth-order valence-electron chi connectivity index (χ4n) is 1.37. The normalized spacial score (nSPS) is 30.4. The summed E-state index contributed by atoms with van der Waals surface area (Å²) in [5.41, 5.74) is 0. The zero-order valence-corrected chi connectivity index (χ0v) is 7.09. The van der Waals surface area contributed by atoms with E-state index in [2.05, 4.69) is 12.2 Å². The third-order valence-corrected chi connectivity index (χ3v) is 1.93. The second-order valence-corrected chi connectivity index (χ2v) is 3.25. The van der Waals surface area contributed by atoms with Gasteiger partial charge in [-0.05, 0) is 18.9 Å². The van der Waals surface area contributed by atoms with E-state index in [-0.39, 0.29) is 5.97 Å². The topological polar surface area (TPSA) is 38.3 Å². The van der Waals surface area contributed by atoms with Gasteiger partial charge in [0.2, 0.25) is 0 Å². The van der Waals surface area contributed by atoms with E-state index in [0.29, 0.717) is 12.6 Å². The maximum Gasteiger partial charge on any atom is 0.302 e. The van der Waals surface area contributed by atoms with Gasteiger partial charge in [-0.1, -0.05) is 6.92 Å². The lowest BCUT2D eigenvalue weighted by atomic mass is 10.1. The van der Waals surface area contributed by atoms with Crippen LogP contribution in [-0.4, -0.2) is 25.2 Å². The first-order valence-electron chi connectivity index (χ1n) is 4.05. The average molecular weight is 157 g/mol. The van der Waals surface area contributed by atoms with Gasteiger partial charge in [-0.3, -0.25) is 4.79 Å². The third kappa shape index (κ3) is 2.89. The number of carbonyl (C=O) groups excluding carboxylic acids is 1.